The largest absolute Gasteiger partial charge is 0.493 e. The predicted molar refractivity (Wildman–Crippen MR) is 129 cm³/mol. The maximum absolute atomic E-state index is 12.4. The number of amides is 2. The summed E-state index contributed by atoms with van der Waals surface area (Å²) in [7, 11) is 1.54. The lowest BCUT2D eigenvalue weighted by Gasteiger charge is -2.14. The molecule has 30 heavy (non-hydrogen) atoms. The number of carbonyl (C=O) groups is 2. The molecule has 1 aliphatic rings. The average Bonchev–Trinajstić information content (AvgIpc) is 2.97. The van der Waals surface area contributed by atoms with E-state index in [9.17, 15) is 9.59 Å². The van der Waals surface area contributed by atoms with Crippen LogP contribution in [0.25, 0.3) is 6.08 Å². The number of carbonyl (C=O) groups excluding carboxylic acids is 2. The van der Waals surface area contributed by atoms with Crippen LogP contribution in [0.3, 0.4) is 0 Å². The van der Waals surface area contributed by atoms with Crippen molar-refractivity contribution in [3.05, 3.63) is 72.6 Å². The molecule has 0 radical (unpaired) electrons. The van der Waals surface area contributed by atoms with Crippen LogP contribution in [-0.4, -0.2) is 29.7 Å². The van der Waals surface area contributed by atoms with Gasteiger partial charge in [-0.3, -0.25) is 14.5 Å². The van der Waals surface area contributed by atoms with Crippen LogP contribution in [0.1, 0.15) is 11.1 Å². The van der Waals surface area contributed by atoms with Gasteiger partial charge in [0.05, 0.1) is 25.6 Å². The van der Waals surface area contributed by atoms with Crippen molar-refractivity contribution in [3.8, 4) is 11.5 Å². The lowest BCUT2D eigenvalue weighted by molar-refractivity contribution is -0.122. The second-order valence-corrected chi connectivity index (χ2v) is 9.12. The fourth-order valence-electron chi connectivity index (χ4n) is 2.69. The first-order chi connectivity index (χ1) is 14.3. The smallest absolute Gasteiger partial charge is 0.293 e. The molecule has 1 fully saturated rings. The van der Waals surface area contributed by atoms with Gasteiger partial charge in [-0.2, -0.15) is 0 Å². The SMILES string of the molecule is C=CCN1C(=O)S/C(=C/c2cc(I)c(OCc3ccc(Cl)c(Cl)c3)c(OC)c2)C1=O. The fraction of sp³-hybridized carbons (Fsp3) is 0.143. The summed E-state index contributed by atoms with van der Waals surface area (Å²) in [5.41, 5.74) is 1.59. The summed E-state index contributed by atoms with van der Waals surface area (Å²) in [6, 6.07) is 8.91. The average molecular weight is 576 g/mol. The highest BCUT2D eigenvalue weighted by atomic mass is 127. The van der Waals surface area contributed by atoms with Gasteiger partial charge in [-0.05, 0) is 75.8 Å². The van der Waals surface area contributed by atoms with Crippen LogP contribution in [0, 0.1) is 3.57 Å². The number of thioether (sulfide) groups is 1. The van der Waals surface area contributed by atoms with E-state index in [2.05, 4.69) is 29.2 Å². The molecular weight excluding hydrogens is 560 g/mol. The van der Waals surface area contributed by atoms with Gasteiger partial charge < -0.3 is 9.47 Å². The molecule has 2 aromatic carbocycles. The third kappa shape index (κ3) is 5.14. The molecule has 5 nitrogen and oxygen atoms in total. The third-order valence-corrected chi connectivity index (χ3v) is 6.55. The van der Waals surface area contributed by atoms with Crippen LogP contribution in [0.15, 0.2) is 47.9 Å². The van der Waals surface area contributed by atoms with Gasteiger partial charge in [0.2, 0.25) is 0 Å². The van der Waals surface area contributed by atoms with Gasteiger partial charge in [0, 0.05) is 6.54 Å². The molecule has 0 unspecified atom stereocenters. The predicted octanol–water partition coefficient (Wildman–Crippen LogP) is 6.41. The molecule has 1 saturated heterocycles. The van der Waals surface area contributed by atoms with E-state index < -0.39 is 0 Å². The molecule has 0 bridgehead atoms. The Hall–Kier alpha value is -1.68. The van der Waals surface area contributed by atoms with Gasteiger partial charge in [0.1, 0.15) is 6.61 Å². The fourth-order valence-corrected chi connectivity index (χ4v) is 4.64. The second kappa shape index (κ2) is 10.1. The van der Waals surface area contributed by atoms with Crippen LogP contribution < -0.4 is 9.47 Å². The van der Waals surface area contributed by atoms with Crippen molar-refractivity contribution >= 4 is 74.8 Å². The van der Waals surface area contributed by atoms with Crippen molar-refractivity contribution in [2.75, 3.05) is 13.7 Å². The summed E-state index contributed by atoms with van der Waals surface area (Å²) in [5.74, 6) is 0.749. The lowest BCUT2D eigenvalue weighted by atomic mass is 10.1. The monoisotopic (exact) mass is 575 g/mol. The van der Waals surface area contributed by atoms with E-state index >= 15 is 0 Å². The van der Waals surface area contributed by atoms with E-state index in [-0.39, 0.29) is 24.3 Å². The molecule has 3 rings (SSSR count). The molecular formula is C21H16Cl2INO4S. The zero-order chi connectivity index (χ0) is 21.8. The summed E-state index contributed by atoms with van der Waals surface area (Å²) >= 11 is 15.0. The molecule has 1 aliphatic heterocycles. The van der Waals surface area contributed by atoms with Crippen molar-refractivity contribution in [3.63, 3.8) is 0 Å². The van der Waals surface area contributed by atoms with Gasteiger partial charge in [-0.25, -0.2) is 0 Å². The standard InChI is InChI=1S/C21H16Cl2INO4S/c1-3-6-25-20(26)18(30-21(25)27)10-13-8-16(24)19(17(9-13)28-2)29-11-12-4-5-14(22)15(23)7-12/h3-5,7-10H,1,6,11H2,2H3/b18-10+. The minimum absolute atomic E-state index is 0.185. The first-order valence-electron chi connectivity index (χ1n) is 8.64. The summed E-state index contributed by atoms with van der Waals surface area (Å²) in [6.07, 6.45) is 3.19. The Balaban J connectivity index is 1.83. The zero-order valence-electron chi connectivity index (χ0n) is 15.8. The maximum atomic E-state index is 12.4. The van der Waals surface area contributed by atoms with E-state index in [0.717, 1.165) is 31.4 Å². The Morgan fingerprint density at radius 3 is 2.63 bits per heavy atom. The van der Waals surface area contributed by atoms with Crippen LogP contribution >= 0.6 is 57.6 Å². The summed E-state index contributed by atoms with van der Waals surface area (Å²) in [4.78, 5) is 25.9. The molecule has 1 heterocycles. The van der Waals surface area contributed by atoms with Crippen molar-refractivity contribution in [2.45, 2.75) is 6.61 Å². The summed E-state index contributed by atoms with van der Waals surface area (Å²) < 4.78 is 12.2. The zero-order valence-corrected chi connectivity index (χ0v) is 20.3. The minimum atomic E-state index is -0.334. The molecule has 2 aromatic rings. The molecule has 0 aromatic heterocycles. The number of benzene rings is 2. The molecule has 9 heteroatoms. The molecule has 0 saturated carbocycles. The summed E-state index contributed by atoms with van der Waals surface area (Å²) in [6.45, 7) is 4.04. The number of nitrogens with zero attached hydrogens (tertiary/aromatic N) is 1. The number of halogens is 3. The molecule has 0 atom stereocenters. The Morgan fingerprint density at radius 2 is 1.97 bits per heavy atom. The molecule has 2 amide bonds. The normalized spacial score (nSPS) is 15.1. The quantitative estimate of drug-likeness (QED) is 0.217. The van der Waals surface area contributed by atoms with Crippen molar-refractivity contribution in [2.24, 2.45) is 0 Å². The van der Waals surface area contributed by atoms with Crippen LogP contribution in [0.4, 0.5) is 4.79 Å². The first kappa shape index (κ1) is 23.0. The number of ether oxygens (including phenoxy) is 2. The maximum Gasteiger partial charge on any atom is 0.293 e. The Labute approximate surface area is 202 Å². The van der Waals surface area contributed by atoms with Gasteiger partial charge in [0.15, 0.2) is 11.5 Å². The molecule has 0 spiro atoms. The number of hydrogen-bond donors (Lipinski definition) is 0. The highest BCUT2D eigenvalue weighted by molar-refractivity contribution is 14.1. The lowest BCUT2D eigenvalue weighted by Crippen LogP contribution is -2.27. The molecule has 0 N–H and O–H groups in total. The van der Waals surface area contributed by atoms with Crippen molar-refractivity contribution in [1.82, 2.24) is 4.90 Å². The molecule has 156 valence electrons. The second-order valence-electron chi connectivity index (χ2n) is 6.15. The highest BCUT2D eigenvalue weighted by Gasteiger charge is 2.34. The number of rotatable bonds is 7. The van der Waals surface area contributed by atoms with Gasteiger partial charge in [0.25, 0.3) is 11.1 Å². The third-order valence-electron chi connectivity index (χ3n) is 4.10. The van der Waals surface area contributed by atoms with E-state index in [0.29, 0.717) is 26.4 Å². The van der Waals surface area contributed by atoms with Crippen molar-refractivity contribution < 1.29 is 19.1 Å². The Kier molecular flexibility index (Phi) is 7.73. The Morgan fingerprint density at radius 1 is 1.20 bits per heavy atom. The van der Waals surface area contributed by atoms with Gasteiger partial charge in [-0.15, -0.1) is 6.58 Å². The van der Waals surface area contributed by atoms with Crippen LogP contribution in [-0.2, 0) is 11.4 Å². The van der Waals surface area contributed by atoms with E-state index in [1.807, 2.05) is 12.1 Å². The number of imide groups is 1. The van der Waals surface area contributed by atoms with Crippen molar-refractivity contribution in [1.29, 1.82) is 0 Å². The van der Waals surface area contributed by atoms with Crippen LogP contribution in [0.2, 0.25) is 10.0 Å². The number of methoxy groups -OCH3 is 1. The van der Waals surface area contributed by atoms with Gasteiger partial charge >= 0.3 is 0 Å². The topological polar surface area (TPSA) is 55.8 Å². The van der Waals surface area contributed by atoms with E-state index in [1.165, 1.54) is 6.08 Å². The number of hydrogen-bond acceptors (Lipinski definition) is 5. The van der Waals surface area contributed by atoms with E-state index in [4.69, 9.17) is 32.7 Å². The molecule has 0 aliphatic carbocycles. The Bertz CT molecular complexity index is 1060. The van der Waals surface area contributed by atoms with Gasteiger partial charge in [-0.1, -0.05) is 35.3 Å². The van der Waals surface area contributed by atoms with Crippen LogP contribution in [0.5, 0.6) is 11.5 Å². The highest BCUT2D eigenvalue weighted by Crippen LogP contribution is 2.37. The summed E-state index contributed by atoms with van der Waals surface area (Å²) in [5, 5.41) is 0.629. The first-order valence-corrected chi connectivity index (χ1v) is 11.3. The van der Waals surface area contributed by atoms with E-state index in [1.54, 1.807) is 31.4 Å². The minimum Gasteiger partial charge on any atom is -0.493 e.